The van der Waals surface area contributed by atoms with Gasteiger partial charge >= 0.3 is 0 Å². The minimum atomic E-state index is -0.431. The largest absolute Gasteiger partial charge is 0.459 e. The Balaban J connectivity index is 1.55. The molecule has 4 aromatic rings. The third kappa shape index (κ3) is 4.22. The van der Waals surface area contributed by atoms with E-state index in [2.05, 4.69) is 5.32 Å². The van der Waals surface area contributed by atoms with Gasteiger partial charge in [0.1, 0.15) is 23.9 Å². The number of carbonyl (C=O) groups is 1. The van der Waals surface area contributed by atoms with Gasteiger partial charge in [0.2, 0.25) is 0 Å². The molecule has 2 aromatic heterocycles. The number of amides is 1. The van der Waals surface area contributed by atoms with Crippen LogP contribution in [0.2, 0.25) is 10.0 Å². The van der Waals surface area contributed by atoms with Gasteiger partial charge in [-0.05, 0) is 66.7 Å². The first-order chi connectivity index (χ1) is 14.0. The molecule has 0 saturated carbocycles. The number of aliphatic hydroxyl groups is 1. The van der Waals surface area contributed by atoms with Crippen LogP contribution in [-0.2, 0) is 6.61 Å². The zero-order chi connectivity index (χ0) is 20.4. The fourth-order valence-electron chi connectivity index (χ4n) is 2.81. The average Bonchev–Trinajstić information content (AvgIpc) is 3.40. The number of carbonyl (C=O) groups excluding carboxylic acids is 1. The van der Waals surface area contributed by atoms with Crippen LogP contribution in [-0.4, -0.2) is 11.0 Å². The highest BCUT2D eigenvalue weighted by molar-refractivity contribution is 6.34. The first kappa shape index (κ1) is 19.3. The maximum absolute atomic E-state index is 12.6. The highest BCUT2D eigenvalue weighted by atomic mass is 35.5. The van der Waals surface area contributed by atoms with Crippen LogP contribution in [0, 0.1) is 0 Å². The zero-order valence-corrected chi connectivity index (χ0v) is 16.5. The highest BCUT2D eigenvalue weighted by Gasteiger charge is 2.15. The first-order valence-corrected chi connectivity index (χ1v) is 9.46. The Morgan fingerprint density at radius 3 is 2.28 bits per heavy atom. The lowest BCUT2D eigenvalue weighted by atomic mass is 10.1. The molecule has 2 aromatic carbocycles. The van der Waals surface area contributed by atoms with Crippen molar-refractivity contribution in [3.8, 4) is 22.6 Å². The van der Waals surface area contributed by atoms with Gasteiger partial charge in [-0.3, -0.25) is 4.79 Å². The van der Waals surface area contributed by atoms with Gasteiger partial charge in [-0.2, -0.15) is 0 Å². The van der Waals surface area contributed by atoms with Gasteiger partial charge in [-0.1, -0.05) is 23.2 Å². The standard InChI is InChI=1S/C22H15Cl2NO4/c23-15-4-1-13(2-5-15)19-9-10-21(29-19)22(27)25-18-11-14(3-7-17(18)24)20-8-6-16(12-26)28-20/h1-11,26H,12H2,(H,25,27). The van der Waals surface area contributed by atoms with E-state index in [1.54, 1.807) is 54.6 Å². The van der Waals surface area contributed by atoms with E-state index in [9.17, 15) is 4.79 Å². The summed E-state index contributed by atoms with van der Waals surface area (Å²) in [6.07, 6.45) is 0. The van der Waals surface area contributed by atoms with Gasteiger partial charge in [0.25, 0.3) is 5.91 Å². The molecule has 5 nitrogen and oxygen atoms in total. The molecule has 0 fully saturated rings. The van der Waals surface area contributed by atoms with Gasteiger partial charge in [-0.15, -0.1) is 0 Å². The molecule has 0 aliphatic rings. The number of rotatable bonds is 5. The smallest absolute Gasteiger partial charge is 0.291 e. The lowest BCUT2D eigenvalue weighted by Gasteiger charge is -2.08. The number of aliphatic hydroxyl groups excluding tert-OH is 1. The van der Waals surface area contributed by atoms with Crippen LogP contribution in [0.15, 0.2) is 75.6 Å². The molecular weight excluding hydrogens is 413 g/mol. The van der Waals surface area contributed by atoms with Crippen molar-refractivity contribution in [3.63, 3.8) is 0 Å². The van der Waals surface area contributed by atoms with Crippen molar-refractivity contribution in [3.05, 3.63) is 88.3 Å². The molecule has 2 heterocycles. The summed E-state index contributed by atoms with van der Waals surface area (Å²) >= 11 is 12.1. The maximum Gasteiger partial charge on any atom is 0.291 e. The Hall–Kier alpha value is -2.99. The number of hydrogen-bond acceptors (Lipinski definition) is 4. The van der Waals surface area contributed by atoms with Crippen LogP contribution < -0.4 is 5.32 Å². The van der Waals surface area contributed by atoms with E-state index < -0.39 is 5.91 Å². The monoisotopic (exact) mass is 427 g/mol. The summed E-state index contributed by atoms with van der Waals surface area (Å²) in [6, 6.07) is 19.0. The molecule has 0 aliphatic carbocycles. The van der Waals surface area contributed by atoms with Gasteiger partial charge in [-0.25, -0.2) is 0 Å². The van der Waals surface area contributed by atoms with Gasteiger partial charge < -0.3 is 19.3 Å². The summed E-state index contributed by atoms with van der Waals surface area (Å²) in [5, 5.41) is 12.9. The van der Waals surface area contributed by atoms with E-state index in [1.165, 1.54) is 0 Å². The first-order valence-electron chi connectivity index (χ1n) is 8.70. The number of halogens is 2. The predicted octanol–water partition coefficient (Wildman–Crippen LogP) is 6.26. The van der Waals surface area contributed by atoms with Crippen molar-refractivity contribution >= 4 is 34.8 Å². The molecule has 0 spiro atoms. The third-order valence-corrected chi connectivity index (χ3v) is 4.86. The molecule has 1 amide bonds. The van der Waals surface area contributed by atoms with Crippen LogP contribution in [0.25, 0.3) is 22.6 Å². The highest BCUT2D eigenvalue weighted by Crippen LogP contribution is 2.31. The van der Waals surface area contributed by atoms with Crippen molar-refractivity contribution in [2.75, 3.05) is 5.32 Å². The Bertz CT molecular complexity index is 1160. The minimum Gasteiger partial charge on any atom is -0.459 e. The fourth-order valence-corrected chi connectivity index (χ4v) is 3.10. The van der Waals surface area contributed by atoms with E-state index >= 15 is 0 Å². The minimum absolute atomic E-state index is 0.150. The number of benzene rings is 2. The second kappa shape index (κ2) is 8.17. The van der Waals surface area contributed by atoms with Gasteiger partial charge in [0.05, 0.1) is 10.7 Å². The summed E-state index contributed by atoms with van der Waals surface area (Å²) in [6.45, 7) is -0.189. The molecule has 0 unspecified atom stereocenters. The van der Waals surface area contributed by atoms with Crippen molar-refractivity contribution < 1.29 is 18.7 Å². The maximum atomic E-state index is 12.6. The molecule has 0 aliphatic heterocycles. The van der Waals surface area contributed by atoms with Crippen LogP contribution in [0.1, 0.15) is 16.3 Å². The number of anilines is 1. The molecule has 2 N–H and O–H groups in total. The number of nitrogens with one attached hydrogen (secondary N) is 1. The van der Waals surface area contributed by atoms with Crippen LogP contribution in [0.3, 0.4) is 0 Å². The van der Waals surface area contributed by atoms with Crippen LogP contribution in [0.5, 0.6) is 0 Å². The van der Waals surface area contributed by atoms with Crippen LogP contribution in [0.4, 0.5) is 5.69 Å². The number of hydrogen-bond donors (Lipinski definition) is 2. The molecule has 7 heteroatoms. The van der Waals surface area contributed by atoms with E-state index in [1.807, 2.05) is 12.1 Å². The lowest BCUT2D eigenvalue weighted by Crippen LogP contribution is -2.11. The molecular formula is C22H15Cl2NO4. The van der Waals surface area contributed by atoms with Gasteiger partial charge in [0, 0.05) is 16.1 Å². The lowest BCUT2D eigenvalue weighted by molar-refractivity contribution is 0.0997. The summed E-state index contributed by atoms with van der Waals surface area (Å²) in [7, 11) is 0. The topological polar surface area (TPSA) is 75.6 Å². The summed E-state index contributed by atoms with van der Waals surface area (Å²) < 4.78 is 11.2. The molecule has 146 valence electrons. The van der Waals surface area contributed by atoms with Crippen LogP contribution >= 0.6 is 23.2 Å². The normalized spacial score (nSPS) is 10.9. The Kier molecular flexibility index (Phi) is 5.45. The van der Waals surface area contributed by atoms with Crippen molar-refractivity contribution in [1.82, 2.24) is 0 Å². The van der Waals surface area contributed by atoms with E-state index in [4.69, 9.17) is 37.1 Å². The van der Waals surface area contributed by atoms with Gasteiger partial charge in [0.15, 0.2) is 5.76 Å². The molecule has 4 rings (SSSR count). The average molecular weight is 428 g/mol. The predicted molar refractivity (Wildman–Crippen MR) is 112 cm³/mol. The Labute approximate surface area is 176 Å². The fraction of sp³-hybridized carbons (Fsp3) is 0.0455. The second-order valence-corrected chi connectivity index (χ2v) is 7.09. The summed E-state index contributed by atoms with van der Waals surface area (Å²) in [5.74, 6) is 1.28. The van der Waals surface area contributed by atoms with E-state index in [0.717, 1.165) is 5.56 Å². The Morgan fingerprint density at radius 2 is 1.55 bits per heavy atom. The summed E-state index contributed by atoms with van der Waals surface area (Å²) in [5.41, 5.74) is 1.94. The van der Waals surface area contributed by atoms with E-state index in [0.29, 0.717) is 38.6 Å². The van der Waals surface area contributed by atoms with Crippen molar-refractivity contribution in [2.45, 2.75) is 6.61 Å². The molecule has 0 saturated heterocycles. The third-order valence-electron chi connectivity index (χ3n) is 4.28. The SMILES string of the molecule is O=C(Nc1cc(-c2ccc(CO)o2)ccc1Cl)c1ccc(-c2ccc(Cl)cc2)o1. The molecule has 0 radical (unpaired) electrons. The van der Waals surface area contributed by atoms with Crippen molar-refractivity contribution in [1.29, 1.82) is 0 Å². The Morgan fingerprint density at radius 1 is 0.862 bits per heavy atom. The second-order valence-electron chi connectivity index (χ2n) is 6.24. The number of furan rings is 2. The quantitative estimate of drug-likeness (QED) is 0.394. The zero-order valence-electron chi connectivity index (χ0n) is 15.0. The molecule has 0 bridgehead atoms. The summed E-state index contributed by atoms with van der Waals surface area (Å²) in [4.78, 5) is 12.6. The van der Waals surface area contributed by atoms with E-state index in [-0.39, 0.29) is 12.4 Å². The molecule has 0 atom stereocenters. The van der Waals surface area contributed by atoms with Crippen molar-refractivity contribution in [2.24, 2.45) is 0 Å². The molecule has 29 heavy (non-hydrogen) atoms.